The molecule has 0 aliphatic heterocycles. The number of hydrogen-bond donors (Lipinski definition) is 1. The highest BCUT2D eigenvalue weighted by Gasteiger charge is 2.02. The molecule has 1 aromatic rings. The number of halogens is 1. The molecule has 1 rings (SSSR count). The van der Waals surface area contributed by atoms with Crippen LogP contribution in [0.15, 0.2) is 6.07 Å². The molecule has 96 valence electrons. The van der Waals surface area contributed by atoms with Crippen LogP contribution in [0.25, 0.3) is 0 Å². The van der Waals surface area contributed by atoms with Gasteiger partial charge in [0.25, 0.3) is 0 Å². The van der Waals surface area contributed by atoms with E-state index in [-0.39, 0.29) is 0 Å². The Labute approximate surface area is 108 Å². The normalized spacial score (nSPS) is 10.9. The van der Waals surface area contributed by atoms with Crippen LogP contribution in [0.1, 0.15) is 26.1 Å². The standard InChI is InChI=1S/C12H21ClN4/c1-4-7-17(5-2)8-6-14-12-9-11(13)15-10(3)16-12/h9H,4-8H2,1-3H3,(H,14,15,16). The molecule has 0 radical (unpaired) electrons. The summed E-state index contributed by atoms with van der Waals surface area (Å²) in [7, 11) is 0. The van der Waals surface area contributed by atoms with Gasteiger partial charge in [-0.2, -0.15) is 0 Å². The van der Waals surface area contributed by atoms with Crippen molar-refractivity contribution < 1.29 is 0 Å². The lowest BCUT2D eigenvalue weighted by atomic mass is 10.4. The van der Waals surface area contributed by atoms with Gasteiger partial charge in [0.15, 0.2) is 0 Å². The van der Waals surface area contributed by atoms with Crippen LogP contribution in [0.2, 0.25) is 5.15 Å². The van der Waals surface area contributed by atoms with Gasteiger partial charge in [-0.1, -0.05) is 25.4 Å². The van der Waals surface area contributed by atoms with E-state index >= 15 is 0 Å². The number of rotatable bonds is 7. The van der Waals surface area contributed by atoms with Crippen molar-refractivity contribution in [3.63, 3.8) is 0 Å². The van der Waals surface area contributed by atoms with Crippen molar-refractivity contribution in [1.82, 2.24) is 14.9 Å². The average Bonchev–Trinajstić information content (AvgIpc) is 2.26. The molecule has 0 saturated carbocycles. The van der Waals surface area contributed by atoms with E-state index in [0.717, 1.165) is 32.0 Å². The minimum Gasteiger partial charge on any atom is -0.369 e. The number of aromatic nitrogens is 2. The molecule has 1 aromatic heterocycles. The highest BCUT2D eigenvalue weighted by Crippen LogP contribution is 2.10. The van der Waals surface area contributed by atoms with Crippen LogP contribution in [0.5, 0.6) is 0 Å². The average molecular weight is 257 g/mol. The van der Waals surface area contributed by atoms with E-state index in [2.05, 4.69) is 34.0 Å². The molecule has 17 heavy (non-hydrogen) atoms. The van der Waals surface area contributed by atoms with Gasteiger partial charge >= 0.3 is 0 Å². The Morgan fingerprint density at radius 2 is 2.06 bits per heavy atom. The van der Waals surface area contributed by atoms with Gasteiger partial charge in [0, 0.05) is 19.2 Å². The second kappa shape index (κ2) is 7.45. The van der Waals surface area contributed by atoms with Crippen molar-refractivity contribution in [2.45, 2.75) is 27.2 Å². The fraction of sp³-hybridized carbons (Fsp3) is 0.667. The molecular formula is C12H21ClN4. The number of nitrogens with zero attached hydrogens (tertiary/aromatic N) is 3. The lowest BCUT2D eigenvalue weighted by molar-refractivity contribution is 0.300. The van der Waals surface area contributed by atoms with Gasteiger partial charge in [-0.15, -0.1) is 0 Å². The summed E-state index contributed by atoms with van der Waals surface area (Å²) in [5.41, 5.74) is 0. The van der Waals surface area contributed by atoms with Crippen molar-refractivity contribution in [3.8, 4) is 0 Å². The van der Waals surface area contributed by atoms with Gasteiger partial charge in [0.2, 0.25) is 0 Å². The number of likely N-dealkylation sites (N-methyl/N-ethyl adjacent to an activating group) is 1. The third-order valence-corrected chi connectivity index (χ3v) is 2.72. The molecule has 0 fully saturated rings. The minimum atomic E-state index is 0.487. The van der Waals surface area contributed by atoms with Crippen LogP contribution in [0, 0.1) is 6.92 Å². The lowest BCUT2D eigenvalue weighted by Crippen LogP contribution is -2.29. The van der Waals surface area contributed by atoms with E-state index in [1.807, 2.05) is 6.92 Å². The second-order valence-corrected chi connectivity index (χ2v) is 4.37. The fourth-order valence-electron chi connectivity index (χ4n) is 1.71. The smallest absolute Gasteiger partial charge is 0.134 e. The summed E-state index contributed by atoms with van der Waals surface area (Å²) in [4.78, 5) is 10.7. The number of aryl methyl sites for hydroxylation is 1. The highest BCUT2D eigenvalue weighted by molar-refractivity contribution is 6.29. The van der Waals surface area contributed by atoms with E-state index in [1.165, 1.54) is 6.42 Å². The summed E-state index contributed by atoms with van der Waals surface area (Å²) in [6.45, 7) is 10.3. The topological polar surface area (TPSA) is 41.0 Å². The van der Waals surface area contributed by atoms with Crippen molar-refractivity contribution in [2.24, 2.45) is 0 Å². The summed E-state index contributed by atoms with van der Waals surface area (Å²) in [5.74, 6) is 1.50. The van der Waals surface area contributed by atoms with Crippen LogP contribution in [0.4, 0.5) is 5.82 Å². The third-order valence-electron chi connectivity index (χ3n) is 2.53. The van der Waals surface area contributed by atoms with Gasteiger partial charge in [0.05, 0.1) is 0 Å². The Balaban J connectivity index is 2.39. The first-order valence-electron chi connectivity index (χ1n) is 6.13. The van der Waals surface area contributed by atoms with E-state index in [0.29, 0.717) is 11.0 Å². The third kappa shape index (κ3) is 5.33. The van der Waals surface area contributed by atoms with Crippen molar-refractivity contribution >= 4 is 17.4 Å². The minimum absolute atomic E-state index is 0.487. The van der Waals surface area contributed by atoms with Crippen molar-refractivity contribution in [1.29, 1.82) is 0 Å². The first-order valence-corrected chi connectivity index (χ1v) is 6.51. The molecule has 5 heteroatoms. The molecule has 1 N–H and O–H groups in total. The van der Waals surface area contributed by atoms with Crippen LogP contribution < -0.4 is 5.32 Å². The molecule has 0 amide bonds. The van der Waals surface area contributed by atoms with Crippen molar-refractivity contribution in [2.75, 3.05) is 31.5 Å². The molecule has 0 atom stereocenters. The first-order chi connectivity index (χ1) is 8.15. The molecule has 4 nitrogen and oxygen atoms in total. The lowest BCUT2D eigenvalue weighted by Gasteiger charge is -2.19. The van der Waals surface area contributed by atoms with E-state index in [1.54, 1.807) is 6.07 Å². The summed E-state index contributed by atoms with van der Waals surface area (Å²) in [5, 5.41) is 3.76. The van der Waals surface area contributed by atoms with Crippen LogP contribution in [-0.2, 0) is 0 Å². The zero-order chi connectivity index (χ0) is 12.7. The van der Waals surface area contributed by atoms with Crippen LogP contribution in [0.3, 0.4) is 0 Å². The largest absolute Gasteiger partial charge is 0.369 e. The second-order valence-electron chi connectivity index (χ2n) is 3.98. The maximum absolute atomic E-state index is 5.87. The molecule has 0 bridgehead atoms. The Hall–Kier alpha value is -0.870. The molecule has 0 saturated heterocycles. The quantitative estimate of drug-likeness (QED) is 0.762. The van der Waals surface area contributed by atoms with Gasteiger partial charge in [-0.05, 0) is 26.4 Å². The maximum atomic E-state index is 5.87. The molecular weight excluding hydrogens is 236 g/mol. The molecule has 1 heterocycles. The van der Waals surface area contributed by atoms with E-state index in [9.17, 15) is 0 Å². The predicted octanol–water partition coefficient (Wildman–Crippen LogP) is 2.58. The van der Waals surface area contributed by atoms with Crippen molar-refractivity contribution in [3.05, 3.63) is 17.0 Å². The van der Waals surface area contributed by atoms with Crippen LogP contribution >= 0.6 is 11.6 Å². The van der Waals surface area contributed by atoms with Gasteiger partial charge < -0.3 is 10.2 Å². The molecule has 0 aromatic carbocycles. The zero-order valence-electron chi connectivity index (χ0n) is 10.8. The van der Waals surface area contributed by atoms with E-state index < -0.39 is 0 Å². The molecule has 0 aliphatic carbocycles. The first kappa shape index (κ1) is 14.2. The zero-order valence-corrected chi connectivity index (χ0v) is 11.6. The fourth-order valence-corrected chi connectivity index (χ4v) is 1.93. The van der Waals surface area contributed by atoms with Gasteiger partial charge in [-0.3, -0.25) is 0 Å². The number of nitrogens with one attached hydrogen (secondary N) is 1. The number of hydrogen-bond acceptors (Lipinski definition) is 4. The Morgan fingerprint density at radius 1 is 1.29 bits per heavy atom. The molecule has 0 aliphatic rings. The summed E-state index contributed by atoms with van der Waals surface area (Å²) in [6, 6.07) is 1.75. The van der Waals surface area contributed by atoms with Crippen LogP contribution in [-0.4, -0.2) is 41.0 Å². The molecule has 0 unspecified atom stereocenters. The van der Waals surface area contributed by atoms with E-state index in [4.69, 9.17) is 11.6 Å². The summed E-state index contributed by atoms with van der Waals surface area (Å²) >= 11 is 5.87. The Kier molecular flexibility index (Phi) is 6.22. The number of anilines is 1. The van der Waals surface area contributed by atoms with Gasteiger partial charge in [0.1, 0.15) is 16.8 Å². The monoisotopic (exact) mass is 256 g/mol. The SMILES string of the molecule is CCCN(CC)CCNc1cc(Cl)nc(C)n1. The molecule has 0 spiro atoms. The summed E-state index contributed by atoms with van der Waals surface area (Å²) < 4.78 is 0. The predicted molar refractivity (Wildman–Crippen MR) is 72.7 cm³/mol. The Bertz CT molecular complexity index is 323. The Morgan fingerprint density at radius 3 is 2.65 bits per heavy atom. The summed E-state index contributed by atoms with van der Waals surface area (Å²) in [6.07, 6.45) is 1.19. The highest BCUT2D eigenvalue weighted by atomic mass is 35.5. The van der Waals surface area contributed by atoms with Gasteiger partial charge in [-0.25, -0.2) is 9.97 Å². The maximum Gasteiger partial charge on any atom is 0.134 e.